The van der Waals surface area contributed by atoms with E-state index in [1.165, 1.54) is 0 Å². The Balaban J connectivity index is 2.70. The van der Waals surface area contributed by atoms with Crippen LogP contribution in [0.5, 0.6) is 0 Å². The summed E-state index contributed by atoms with van der Waals surface area (Å²) in [5.41, 5.74) is 1.61. The molecule has 0 spiro atoms. The van der Waals surface area contributed by atoms with Gasteiger partial charge in [-0.1, -0.05) is 36.4 Å². The predicted octanol–water partition coefficient (Wildman–Crippen LogP) is 4.15. The number of hydrogen-bond acceptors (Lipinski definition) is 2. The van der Waals surface area contributed by atoms with Gasteiger partial charge >= 0.3 is 0 Å². The molecule has 0 aromatic heterocycles. The maximum Gasteiger partial charge on any atom is 0.255 e. The lowest BCUT2D eigenvalue weighted by Gasteiger charge is -2.31. The molecule has 0 saturated heterocycles. The molecule has 2 rings (SSSR count). The first-order valence-electron chi connectivity index (χ1n) is 7.74. The minimum absolute atomic E-state index is 0.0664. The Kier molecular flexibility index (Phi) is 4.96. The van der Waals surface area contributed by atoms with Gasteiger partial charge in [-0.05, 0) is 38.5 Å². The average Bonchev–Trinajstić information content (AvgIpc) is 2.46. The fourth-order valence-electron chi connectivity index (χ4n) is 2.97. The van der Waals surface area contributed by atoms with Crippen LogP contribution in [0.15, 0.2) is 41.4 Å². The second-order valence-corrected chi connectivity index (χ2v) is 6.04. The highest BCUT2D eigenvalue weighted by molar-refractivity contribution is 6.13. The van der Waals surface area contributed by atoms with Gasteiger partial charge in [-0.15, -0.1) is 0 Å². The highest BCUT2D eigenvalue weighted by atomic mass is 16.2. The van der Waals surface area contributed by atoms with Gasteiger partial charge in [0.05, 0.1) is 5.56 Å². The molecular formula is C19H24N2O. The van der Waals surface area contributed by atoms with Gasteiger partial charge < -0.3 is 4.90 Å². The van der Waals surface area contributed by atoms with Crippen LogP contribution < -0.4 is 0 Å². The predicted molar refractivity (Wildman–Crippen MR) is 93.9 cm³/mol. The SMILES string of the molecule is CN=Cc1ccc2ccccc2c1C(=O)N(C(C)C)C(C)C. The number of nitrogens with zero attached hydrogens (tertiary/aromatic N) is 2. The van der Waals surface area contributed by atoms with Crippen molar-refractivity contribution >= 4 is 22.9 Å². The van der Waals surface area contributed by atoms with Crippen LogP contribution in [0.2, 0.25) is 0 Å². The number of aliphatic imine (C=N–C) groups is 1. The lowest BCUT2D eigenvalue weighted by molar-refractivity contribution is 0.0645. The quantitative estimate of drug-likeness (QED) is 0.780. The summed E-state index contributed by atoms with van der Waals surface area (Å²) in [5.74, 6) is 0.0664. The highest BCUT2D eigenvalue weighted by Crippen LogP contribution is 2.25. The van der Waals surface area contributed by atoms with Crippen LogP contribution in [0.1, 0.15) is 43.6 Å². The second-order valence-electron chi connectivity index (χ2n) is 6.04. The van der Waals surface area contributed by atoms with E-state index in [4.69, 9.17) is 0 Å². The van der Waals surface area contributed by atoms with Crippen molar-refractivity contribution in [1.29, 1.82) is 0 Å². The number of fused-ring (bicyclic) bond motifs is 1. The summed E-state index contributed by atoms with van der Waals surface area (Å²) in [5, 5.41) is 2.06. The number of carbonyl (C=O) groups excluding carboxylic acids is 1. The maximum absolute atomic E-state index is 13.2. The molecule has 0 heterocycles. The topological polar surface area (TPSA) is 32.7 Å². The first kappa shape index (κ1) is 16.2. The molecule has 0 N–H and O–H groups in total. The molecule has 0 atom stereocenters. The Labute approximate surface area is 132 Å². The molecule has 3 nitrogen and oxygen atoms in total. The zero-order valence-electron chi connectivity index (χ0n) is 14.0. The van der Waals surface area contributed by atoms with Crippen LogP contribution in [-0.2, 0) is 0 Å². The van der Waals surface area contributed by atoms with Crippen molar-refractivity contribution in [2.75, 3.05) is 7.05 Å². The van der Waals surface area contributed by atoms with Gasteiger partial charge in [0.1, 0.15) is 0 Å². The van der Waals surface area contributed by atoms with E-state index in [9.17, 15) is 4.79 Å². The van der Waals surface area contributed by atoms with Gasteiger partial charge in [-0.2, -0.15) is 0 Å². The average molecular weight is 296 g/mol. The third kappa shape index (κ3) is 3.03. The van der Waals surface area contributed by atoms with Crippen molar-refractivity contribution in [3.8, 4) is 0 Å². The standard InChI is InChI=1S/C19H24N2O/c1-13(2)21(14(3)4)19(22)18-16(12-20-5)11-10-15-8-6-7-9-17(15)18/h6-14H,1-5H3. The maximum atomic E-state index is 13.2. The third-order valence-electron chi connectivity index (χ3n) is 3.79. The minimum Gasteiger partial charge on any atom is -0.334 e. The van der Waals surface area contributed by atoms with Crippen LogP contribution in [-0.4, -0.2) is 36.2 Å². The molecule has 0 aliphatic carbocycles. The van der Waals surface area contributed by atoms with E-state index in [-0.39, 0.29) is 18.0 Å². The molecule has 22 heavy (non-hydrogen) atoms. The van der Waals surface area contributed by atoms with Crippen LogP contribution in [0, 0.1) is 0 Å². The molecule has 3 heteroatoms. The van der Waals surface area contributed by atoms with Gasteiger partial charge in [-0.25, -0.2) is 0 Å². The fourth-order valence-corrected chi connectivity index (χ4v) is 2.97. The summed E-state index contributed by atoms with van der Waals surface area (Å²) in [6, 6.07) is 12.3. The molecule has 0 saturated carbocycles. The van der Waals surface area contributed by atoms with Crippen LogP contribution in [0.3, 0.4) is 0 Å². The Bertz CT molecular complexity index is 694. The number of hydrogen-bond donors (Lipinski definition) is 0. The molecule has 1 amide bonds. The number of rotatable bonds is 4. The summed E-state index contributed by atoms with van der Waals surface area (Å²) in [4.78, 5) is 19.2. The molecule has 0 fully saturated rings. The van der Waals surface area contributed by atoms with Crippen molar-refractivity contribution in [2.24, 2.45) is 4.99 Å². The van der Waals surface area contributed by atoms with Crippen molar-refractivity contribution < 1.29 is 4.79 Å². The Morgan fingerprint density at radius 1 is 1.05 bits per heavy atom. The van der Waals surface area contributed by atoms with Crippen LogP contribution in [0.25, 0.3) is 10.8 Å². The van der Waals surface area contributed by atoms with Crippen LogP contribution >= 0.6 is 0 Å². The zero-order chi connectivity index (χ0) is 16.3. The highest BCUT2D eigenvalue weighted by Gasteiger charge is 2.25. The second kappa shape index (κ2) is 6.73. The number of carbonyl (C=O) groups is 1. The third-order valence-corrected chi connectivity index (χ3v) is 3.79. The van der Waals surface area contributed by atoms with Crippen molar-refractivity contribution in [2.45, 2.75) is 39.8 Å². The molecule has 0 bridgehead atoms. The van der Waals surface area contributed by atoms with Crippen LogP contribution in [0.4, 0.5) is 0 Å². The van der Waals surface area contributed by atoms with Gasteiger partial charge in [0.15, 0.2) is 0 Å². The minimum atomic E-state index is 0.0664. The molecule has 0 radical (unpaired) electrons. The summed E-state index contributed by atoms with van der Waals surface area (Å²) >= 11 is 0. The molecule has 0 aliphatic rings. The van der Waals surface area contributed by atoms with E-state index in [0.717, 1.165) is 21.9 Å². The lowest BCUT2D eigenvalue weighted by atomic mass is 9.97. The van der Waals surface area contributed by atoms with E-state index >= 15 is 0 Å². The molecule has 2 aromatic rings. The fraction of sp³-hybridized carbons (Fsp3) is 0.368. The van der Waals surface area contributed by atoms with E-state index in [1.54, 1.807) is 13.3 Å². The van der Waals surface area contributed by atoms with Gasteiger partial charge in [0.2, 0.25) is 0 Å². The number of amides is 1. The molecule has 2 aromatic carbocycles. The lowest BCUT2D eigenvalue weighted by Crippen LogP contribution is -2.42. The van der Waals surface area contributed by atoms with E-state index in [0.29, 0.717) is 0 Å². The molecular weight excluding hydrogens is 272 g/mol. The molecule has 116 valence electrons. The molecule has 0 aliphatic heterocycles. The largest absolute Gasteiger partial charge is 0.334 e. The van der Waals surface area contributed by atoms with Gasteiger partial charge in [0, 0.05) is 30.9 Å². The summed E-state index contributed by atoms with van der Waals surface area (Å²) < 4.78 is 0. The van der Waals surface area contributed by atoms with Crippen molar-refractivity contribution in [3.63, 3.8) is 0 Å². The Hall–Kier alpha value is -2.16. The van der Waals surface area contributed by atoms with Crippen molar-refractivity contribution in [3.05, 3.63) is 47.5 Å². The monoisotopic (exact) mass is 296 g/mol. The summed E-state index contributed by atoms with van der Waals surface area (Å²) in [6.07, 6.45) is 1.76. The number of benzene rings is 2. The first-order chi connectivity index (χ1) is 10.5. The first-order valence-corrected chi connectivity index (χ1v) is 7.74. The summed E-state index contributed by atoms with van der Waals surface area (Å²) in [7, 11) is 1.73. The Morgan fingerprint density at radius 3 is 2.27 bits per heavy atom. The van der Waals surface area contributed by atoms with Crippen molar-refractivity contribution in [1.82, 2.24) is 4.90 Å². The van der Waals surface area contributed by atoms with E-state index in [2.05, 4.69) is 32.7 Å². The normalized spacial score (nSPS) is 11.8. The van der Waals surface area contributed by atoms with Gasteiger partial charge in [0.25, 0.3) is 5.91 Å². The Morgan fingerprint density at radius 2 is 1.68 bits per heavy atom. The smallest absolute Gasteiger partial charge is 0.255 e. The molecule has 0 unspecified atom stereocenters. The van der Waals surface area contributed by atoms with E-state index < -0.39 is 0 Å². The van der Waals surface area contributed by atoms with E-state index in [1.807, 2.05) is 41.3 Å². The van der Waals surface area contributed by atoms with Gasteiger partial charge in [-0.3, -0.25) is 9.79 Å². The summed E-state index contributed by atoms with van der Waals surface area (Å²) in [6.45, 7) is 8.21. The zero-order valence-corrected chi connectivity index (χ0v) is 14.0.